The van der Waals surface area contributed by atoms with Gasteiger partial charge >= 0.3 is 5.97 Å². The predicted molar refractivity (Wildman–Crippen MR) is 130 cm³/mol. The number of ether oxygens (including phenoxy) is 6. The summed E-state index contributed by atoms with van der Waals surface area (Å²) in [6.07, 6.45) is 2.03. The Hall–Kier alpha value is -0.280. The Kier molecular flexibility index (Phi) is 15.3. The smallest absolute Gasteiger partial charge is 0.302 e. The van der Waals surface area contributed by atoms with Gasteiger partial charge in [-0.25, -0.2) is 0 Å². The Bertz CT molecular complexity index is 571. The van der Waals surface area contributed by atoms with Gasteiger partial charge in [-0.1, -0.05) is 81.4 Å². The van der Waals surface area contributed by atoms with Crippen molar-refractivity contribution in [2.45, 2.75) is 101 Å². The Balaban J connectivity index is 3.24. The first-order valence-electron chi connectivity index (χ1n) is 11.7. The summed E-state index contributed by atoms with van der Waals surface area (Å²) < 4.78 is 34.0. The Morgan fingerprint density at radius 2 is 1.36 bits per heavy atom. The topological polar surface area (TPSA) is 72.5 Å². The van der Waals surface area contributed by atoms with Gasteiger partial charge in [0.05, 0.1) is 0 Å². The van der Waals surface area contributed by atoms with E-state index in [2.05, 4.69) is 27.4 Å². The second-order valence-electron chi connectivity index (χ2n) is 7.95. The fourth-order valence-electron chi connectivity index (χ4n) is 3.17. The van der Waals surface area contributed by atoms with Gasteiger partial charge in [-0.05, 0) is 19.3 Å². The van der Waals surface area contributed by atoms with Crippen LogP contribution in [0.5, 0.6) is 0 Å². The Morgan fingerprint density at radius 3 is 1.82 bits per heavy atom. The maximum atomic E-state index is 11.5. The van der Waals surface area contributed by atoms with Gasteiger partial charge in [0, 0.05) is 26.7 Å². The van der Waals surface area contributed by atoms with Crippen LogP contribution in [0.1, 0.15) is 66.2 Å². The van der Waals surface area contributed by atoms with Crippen molar-refractivity contribution >= 4 is 40.8 Å². The first kappa shape index (κ1) is 30.8. The molecule has 1 fully saturated rings. The highest BCUT2D eigenvalue weighted by Gasteiger charge is 2.50. The molecule has 0 saturated carbocycles. The standard InChI is InChI=1S/C23H39Cl3O7/c1-6-9-12-28-19-18(15-31-17(5)27)33-22(32-16(4)23(24,25)26)21(30-14-11-8-3)20(19)29-13-10-7-2/h18-22H,4,6-15H2,1-3,5H3/t18-,19-,20+,21-,22?/m1/s1. The van der Waals surface area contributed by atoms with Crippen LogP contribution in [0, 0.1) is 0 Å². The van der Waals surface area contributed by atoms with Crippen LogP contribution in [-0.2, 0) is 33.2 Å². The number of halogens is 3. The monoisotopic (exact) mass is 532 g/mol. The minimum Gasteiger partial charge on any atom is -0.463 e. The highest BCUT2D eigenvalue weighted by Crippen LogP contribution is 2.38. The number of unbranched alkanes of at least 4 members (excludes halogenated alkanes) is 3. The summed E-state index contributed by atoms with van der Waals surface area (Å²) in [7, 11) is 0. The normalized spacial score (nSPS) is 25.6. The van der Waals surface area contributed by atoms with E-state index in [-0.39, 0.29) is 12.4 Å². The molecule has 194 valence electrons. The molecule has 0 aromatic carbocycles. The van der Waals surface area contributed by atoms with Crippen molar-refractivity contribution in [3.8, 4) is 0 Å². The molecule has 0 radical (unpaired) electrons. The zero-order valence-electron chi connectivity index (χ0n) is 20.2. The fourth-order valence-corrected chi connectivity index (χ4v) is 3.31. The molecule has 5 atom stereocenters. The van der Waals surface area contributed by atoms with Crippen LogP contribution in [0.15, 0.2) is 12.3 Å². The summed E-state index contributed by atoms with van der Waals surface area (Å²) in [6, 6.07) is 0. The third-order valence-electron chi connectivity index (χ3n) is 5.04. The lowest BCUT2D eigenvalue weighted by Crippen LogP contribution is -2.62. The number of hydrogen-bond acceptors (Lipinski definition) is 7. The molecular formula is C23H39Cl3O7. The Labute approximate surface area is 213 Å². The lowest BCUT2D eigenvalue weighted by atomic mass is 9.98. The molecule has 0 aliphatic carbocycles. The summed E-state index contributed by atoms with van der Waals surface area (Å²) in [5.41, 5.74) is 0. The van der Waals surface area contributed by atoms with Gasteiger partial charge in [-0.15, -0.1) is 0 Å². The molecule has 0 aromatic heterocycles. The average molecular weight is 534 g/mol. The van der Waals surface area contributed by atoms with E-state index in [1.807, 2.05) is 0 Å². The average Bonchev–Trinajstić information content (AvgIpc) is 2.74. The highest BCUT2D eigenvalue weighted by molar-refractivity contribution is 6.69. The predicted octanol–water partition coefficient (Wildman–Crippen LogP) is 5.73. The lowest BCUT2D eigenvalue weighted by Gasteiger charge is -2.46. The molecule has 10 heteroatoms. The lowest BCUT2D eigenvalue weighted by molar-refractivity contribution is -0.315. The maximum Gasteiger partial charge on any atom is 0.302 e. The second-order valence-corrected chi connectivity index (χ2v) is 10.2. The number of esters is 1. The van der Waals surface area contributed by atoms with Gasteiger partial charge in [0.25, 0.3) is 0 Å². The Morgan fingerprint density at radius 1 is 0.879 bits per heavy atom. The van der Waals surface area contributed by atoms with Crippen LogP contribution in [0.4, 0.5) is 0 Å². The number of alkyl halides is 3. The van der Waals surface area contributed by atoms with E-state index in [0.29, 0.717) is 19.8 Å². The van der Waals surface area contributed by atoms with Crippen molar-refractivity contribution in [2.24, 2.45) is 0 Å². The number of rotatable bonds is 16. The molecule has 7 nitrogen and oxygen atoms in total. The molecule has 1 heterocycles. The molecule has 1 aliphatic rings. The summed E-state index contributed by atoms with van der Waals surface area (Å²) >= 11 is 17.9. The van der Waals surface area contributed by atoms with E-state index >= 15 is 0 Å². The van der Waals surface area contributed by atoms with Crippen LogP contribution in [0.3, 0.4) is 0 Å². The first-order valence-corrected chi connectivity index (χ1v) is 12.8. The molecule has 0 N–H and O–H groups in total. The van der Waals surface area contributed by atoms with Crippen LogP contribution in [-0.4, -0.2) is 66.9 Å². The summed E-state index contributed by atoms with van der Waals surface area (Å²) in [6.45, 7) is 12.7. The maximum absolute atomic E-state index is 11.5. The molecular weight excluding hydrogens is 495 g/mol. The molecule has 0 bridgehead atoms. The molecule has 0 amide bonds. The van der Waals surface area contributed by atoms with Gasteiger partial charge in [-0.2, -0.15) is 0 Å². The number of carbonyl (C=O) groups excluding carboxylic acids is 1. The molecule has 0 aromatic rings. The van der Waals surface area contributed by atoms with E-state index < -0.39 is 40.5 Å². The van der Waals surface area contributed by atoms with E-state index in [4.69, 9.17) is 63.2 Å². The zero-order valence-corrected chi connectivity index (χ0v) is 22.4. The minimum atomic E-state index is -1.85. The van der Waals surface area contributed by atoms with E-state index in [1.54, 1.807) is 0 Å². The summed E-state index contributed by atoms with van der Waals surface area (Å²) in [4.78, 5) is 11.5. The number of hydrogen-bond donors (Lipinski definition) is 0. The van der Waals surface area contributed by atoms with Crippen molar-refractivity contribution in [3.63, 3.8) is 0 Å². The molecule has 0 spiro atoms. The molecule has 1 saturated heterocycles. The van der Waals surface area contributed by atoms with Crippen molar-refractivity contribution in [1.29, 1.82) is 0 Å². The van der Waals surface area contributed by atoms with Gasteiger partial charge in [0.1, 0.15) is 36.8 Å². The van der Waals surface area contributed by atoms with Crippen LogP contribution in [0.2, 0.25) is 0 Å². The summed E-state index contributed by atoms with van der Waals surface area (Å²) in [5.74, 6) is -0.538. The van der Waals surface area contributed by atoms with Crippen molar-refractivity contribution in [2.75, 3.05) is 26.4 Å². The fraction of sp³-hybridized carbons (Fsp3) is 0.870. The largest absolute Gasteiger partial charge is 0.463 e. The third kappa shape index (κ3) is 11.3. The molecule has 1 aliphatic heterocycles. The van der Waals surface area contributed by atoms with E-state index in [0.717, 1.165) is 38.5 Å². The molecule has 33 heavy (non-hydrogen) atoms. The van der Waals surface area contributed by atoms with E-state index in [1.165, 1.54) is 6.92 Å². The van der Waals surface area contributed by atoms with Crippen molar-refractivity contribution in [1.82, 2.24) is 0 Å². The quantitative estimate of drug-likeness (QED) is 0.109. The first-order chi connectivity index (χ1) is 15.6. The van der Waals surface area contributed by atoms with Crippen LogP contribution >= 0.6 is 34.8 Å². The van der Waals surface area contributed by atoms with Crippen LogP contribution < -0.4 is 0 Å². The summed E-state index contributed by atoms with van der Waals surface area (Å²) in [5, 5.41) is 0. The molecule has 1 rings (SSSR count). The number of allylic oxidation sites excluding steroid dienone is 1. The van der Waals surface area contributed by atoms with Gasteiger partial charge in [0.15, 0.2) is 0 Å². The second kappa shape index (κ2) is 16.4. The third-order valence-corrected chi connectivity index (χ3v) is 5.67. The zero-order chi connectivity index (χ0) is 24.9. The highest BCUT2D eigenvalue weighted by atomic mass is 35.6. The van der Waals surface area contributed by atoms with Crippen molar-refractivity contribution in [3.05, 3.63) is 12.3 Å². The number of carbonyl (C=O) groups is 1. The van der Waals surface area contributed by atoms with Gasteiger partial charge in [0.2, 0.25) is 10.1 Å². The minimum absolute atomic E-state index is 0.0401. The van der Waals surface area contributed by atoms with Crippen LogP contribution in [0.25, 0.3) is 0 Å². The van der Waals surface area contributed by atoms with Crippen molar-refractivity contribution < 1.29 is 33.2 Å². The van der Waals surface area contributed by atoms with Gasteiger partial charge < -0.3 is 28.4 Å². The van der Waals surface area contributed by atoms with Gasteiger partial charge in [-0.3, -0.25) is 4.79 Å². The molecule has 1 unspecified atom stereocenters. The van der Waals surface area contributed by atoms with E-state index in [9.17, 15) is 4.79 Å². The SMILES string of the molecule is C=C(OC1O[C@H](COC(C)=O)[C@@H](OCCCC)[C@H](OCCCC)[C@H]1OCCCC)C(Cl)(Cl)Cl.